The Kier molecular flexibility index (Phi) is 4.99. The molecule has 0 saturated carbocycles. The summed E-state index contributed by atoms with van der Waals surface area (Å²) < 4.78 is 10.6. The predicted octanol–water partition coefficient (Wildman–Crippen LogP) is 1.24. The molecule has 8 nitrogen and oxygen atoms in total. The highest BCUT2D eigenvalue weighted by Crippen LogP contribution is 2.43. The van der Waals surface area contributed by atoms with Crippen molar-refractivity contribution in [1.29, 1.82) is 0 Å². The van der Waals surface area contributed by atoms with Gasteiger partial charge in [0.1, 0.15) is 17.1 Å². The summed E-state index contributed by atoms with van der Waals surface area (Å²) in [7, 11) is 4.65. The van der Waals surface area contributed by atoms with Crippen molar-refractivity contribution < 1.29 is 29.0 Å². The van der Waals surface area contributed by atoms with Crippen LogP contribution in [0.25, 0.3) is 0 Å². The van der Waals surface area contributed by atoms with Gasteiger partial charge >= 0.3 is 5.97 Å². The Morgan fingerprint density at radius 3 is 2.19 bits per heavy atom. The fourth-order valence-electron chi connectivity index (χ4n) is 4.30. The first kappa shape index (κ1) is 19.0. The second kappa shape index (κ2) is 7.09. The molecule has 2 amide bonds. The molecule has 1 N–H and O–H groups in total. The number of hydrogen-bond acceptors (Lipinski definition) is 5. The maximum absolute atomic E-state index is 13.1. The Morgan fingerprint density at radius 2 is 1.70 bits per heavy atom. The lowest BCUT2D eigenvalue weighted by Gasteiger charge is -2.45. The molecule has 1 atom stereocenters. The SMILES string of the molecule is COc1cccc(OC)c1C(=O)N1CCC2(CC1)C(C(=O)O)CC(=O)N2C. The monoisotopic (exact) mass is 376 g/mol. The van der Waals surface area contributed by atoms with Crippen LogP contribution in [0.15, 0.2) is 18.2 Å². The van der Waals surface area contributed by atoms with Gasteiger partial charge in [-0.15, -0.1) is 0 Å². The van der Waals surface area contributed by atoms with E-state index in [0.717, 1.165) is 0 Å². The lowest BCUT2D eigenvalue weighted by atomic mass is 9.77. The number of carbonyl (C=O) groups excluding carboxylic acids is 2. The number of likely N-dealkylation sites (tertiary alicyclic amines) is 2. The molecule has 2 aliphatic rings. The lowest BCUT2D eigenvalue weighted by Crippen LogP contribution is -2.57. The summed E-state index contributed by atoms with van der Waals surface area (Å²) in [4.78, 5) is 40.1. The number of rotatable bonds is 4. The van der Waals surface area contributed by atoms with E-state index in [0.29, 0.717) is 43.0 Å². The van der Waals surface area contributed by atoms with E-state index < -0.39 is 17.4 Å². The Balaban J connectivity index is 1.83. The maximum atomic E-state index is 13.1. The predicted molar refractivity (Wildman–Crippen MR) is 95.9 cm³/mol. The van der Waals surface area contributed by atoms with Crippen LogP contribution in [0, 0.1) is 5.92 Å². The standard InChI is InChI=1S/C19H24N2O6/c1-20-15(22)11-12(18(24)25)19(20)7-9-21(10-8-19)17(23)16-13(26-2)5-4-6-14(16)27-3/h4-6,12H,7-11H2,1-3H3,(H,24,25). The molecule has 8 heteroatoms. The van der Waals surface area contributed by atoms with E-state index in [4.69, 9.17) is 9.47 Å². The summed E-state index contributed by atoms with van der Waals surface area (Å²) in [5, 5.41) is 9.56. The summed E-state index contributed by atoms with van der Waals surface area (Å²) in [6, 6.07) is 5.15. The van der Waals surface area contributed by atoms with Gasteiger partial charge in [-0.05, 0) is 25.0 Å². The van der Waals surface area contributed by atoms with Crippen molar-refractivity contribution in [2.24, 2.45) is 5.92 Å². The highest BCUT2D eigenvalue weighted by Gasteiger charge is 2.55. The average Bonchev–Trinajstić information content (AvgIpc) is 2.92. The van der Waals surface area contributed by atoms with Gasteiger partial charge in [-0.2, -0.15) is 0 Å². The number of aliphatic carboxylic acids is 1. The normalized spacial score (nSPS) is 21.4. The first-order valence-electron chi connectivity index (χ1n) is 8.85. The molecule has 0 aliphatic carbocycles. The number of carboxylic acids is 1. The molecule has 0 radical (unpaired) electrons. The number of methoxy groups -OCH3 is 2. The first-order chi connectivity index (χ1) is 12.9. The van der Waals surface area contributed by atoms with Gasteiger partial charge in [0, 0.05) is 26.6 Å². The van der Waals surface area contributed by atoms with Gasteiger partial charge in [0.05, 0.1) is 25.7 Å². The van der Waals surface area contributed by atoms with Gasteiger partial charge in [-0.25, -0.2) is 0 Å². The second-order valence-corrected chi connectivity index (χ2v) is 6.98. The van der Waals surface area contributed by atoms with E-state index in [2.05, 4.69) is 0 Å². The number of carboxylic acid groups (broad SMARTS) is 1. The smallest absolute Gasteiger partial charge is 0.309 e. The maximum Gasteiger partial charge on any atom is 0.309 e. The number of nitrogens with zero attached hydrogens (tertiary/aromatic N) is 2. The zero-order chi connectivity index (χ0) is 19.8. The van der Waals surface area contributed by atoms with Crippen molar-refractivity contribution in [3.63, 3.8) is 0 Å². The molecular formula is C19H24N2O6. The summed E-state index contributed by atoms with van der Waals surface area (Å²) in [5.74, 6) is -1.23. The molecule has 1 unspecified atom stereocenters. The largest absolute Gasteiger partial charge is 0.496 e. The molecule has 1 aromatic rings. The minimum absolute atomic E-state index is 0.0140. The van der Waals surface area contributed by atoms with Crippen LogP contribution in [-0.4, -0.2) is 72.6 Å². The molecule has 2 fully saturated rings. The van der Waals surface area contributed by atoms with Crippen molar-refractivity contribution in [2.45, 2.75) is 24.8 Å². The fourth-order valence-corrected chi connectivity index (χ4v) is 4.30. The molecule has 2 heterocycles. The molecule has 27 heavy (non-hydrogen) atoms. The topological polar surface area (TPSA) is 96.4 Å². The van der Waals surface area contributed by atoms with Crippen molar-refractivity contribution in [3.8, 4) is 11.5 Å². The molecule has 2 aliphatic heterocycles. The third kappa shape index (κ3) is 2.98. The molecule has 0 aromatic heterocycles. The Labute approximate surface area is 157 Å². The molecule has 1 aromatic carbocycles. The second-order valence-electron chi connectivity index (χ2n) is 6.98. The Bertz CT molecular complexity index is 747. The average molecular weight is 376 g/mol. The van der Waals surface area contributed by atoms with Crippen molar-refractivity contribution >= 4 is 17.8 Å². The van der Waals surface area contributed by atoms with E-state index in [-0.39, 0.29) is 18.2 Å². The van der Waals surface area contributed by atoms with Crippen LogP contribution >= 0.6 is 0 Å². The van der Waals surface area contributed by atoms with Gasteiger partial charge in [-0.3, -0.25) is 14.4 Å². The van der Waals surface area contributed by atoms with Gasteiger partial charge in [0.2, 0.25) is 5.91 Å². The summed E-state index contributed by atoms with van der Waals surface area (Å²) >= 11 is 0. The minimum Gasteiger partial charge on any atom is -0.496 e. The van der Waals surface area contributed by atoms with Gasteiger partial charge in [0.25, 0.3) is 5.91 Å². The van der Waals surface area contributed by atoms with Crippen LogP contribution in [0.5, 0.6) is 11.5 Å². The zero-order valence-electron chi connectivity index (χ0n) is 15.7. The third-order valence-corrected chi connectivity index (χ3v) is 5.93. The number of ether oxygens (including phenoxy) is 2. The van der Waals surface area contributed by atoms with Crippen LogP contribution < -0.4 is 9.47 Å². The summed E-state index contributed by atoms with van der Waals surface area (Å²) in [5.41, 5.74) is -0.381. The highest BCUT2D eigenvalue weighted by atomic mass is 16.5. The van der Waals surface area contributed by atoms with Crippen LogP contribution in [0.2, 0.25) is 0 Å². The third-order valence-electron chi connectivity index (χ3n) is 5.93. The van der Waals surface area contributed by atoms with Crippen molar-refractivity contribution in [2.75, 3.05) is 34.4 Å². The van der Waals surface area contributed by atoms with E-state index in [1.165, 1.54) is 14.2 Å². The van der Waals surface area contributed by atoms with Crippen LogP contribution in [0.4, 0.5) is 0 Å². The zero-order valence-corrected chi connectivity index (χ0v) is 15.7. The molecule has 146 valence electrons. The number of amides is 2. The number of carbonyl (C=O) groups is 3. The highest BCUT2D eigenvalue weighted by molar-refractivity contribution is 6.00. The van der Waals surface area contributed by atoms with E-state index in [1.807, 2.05) is 0 Å². The molecule has 0 bridgehead atoms. The van der Waals surface area contributed by atoms with Crippen LogP contribution in [0.1, 0.15) is 29.6 Å². The van der Waals surface area contributed by atoms with E-state index >= 15 is 0 Å². The van der Waals surface area contributed by atoms with Gasteiger partial charge in [0.15, 0.2) is 0 Å². The van der Waals surface area contributed by atoms with E-state index in [9.17, 15) is 19.5 Å². The number of piperidine rings is 1. The molecule has 2 saturated heterocycles. The molecule has 3 rings (SSSR count). The minimum atomic E-state index is -0.959. The Hall–Kier alpha value is -2.77. The molecular weight excluding hydrogens is 352 g/mol. The van der Waals surface area contributed by atoms with Gasteiger partial charge < -0.3 is 24.4 Å². The summed E-state index contributed by atoms with van der Waals surface area (Å²) in [6.07, 6.45) is 0.866. The van der Waals surface area contributed by atoms with Crippen LogP contribution in [0.3, 0.4) is 0 Å². The first-order valence-corrected chi connectivity index (χ1v) is 8.85. The molecule has 1 spiro atoms. The number of hydrogen-bond donors (Lipinski definition) is 1. The van der Waals surface area contributed by atoms with Crippen molar-refractivity contribution in [3.05, 3.63) is 23.8 Å². The number of benzene rings is 1. The fraction of sp³-hybridized carbons (Fsp3) is 0.526. The van der Waals surface area contributed by atoms with E-state index in [1.54, 1.807) is 35.0 Å². The summed E-state index contributed by atoms with van der Waals surface area (Å²) in [6.45, 7) is 0.725. The lowest BCUT2D eigenvalue weighted by molar-refractivity contribution is -0.145. The van der Waals surface area contributed by atoms with Crippen molar-refractivity contribution in [1.82, 2.24) is 9.80 Å². The van der Waals surface area contributed by atoms with Crippen LogP contribution in [-0.2, 0) is 9.59 Å². The van der Waals surface area contributed by atoms with Gasteiger partial charge in [-0.1, -0.05) is 6.07 Å². The Morgan fingerprint density at radius 1 is 1.15 bits per heavy atom. The quantitative estimate of drug-likeness (QED) is 0.849.